The van der Waals surface area contributed by atoms with E-state index in [4.69, 9.17) is 4.74 Å². The molecule has 0 aliphatic rings. The van der Waals surface area contributed by atoms with Gasteiger partial charge in [0.15, 0.2) is 0 Å². The van der Waals surface area contributed by atoms with E-state index in [9.17, 15) is 4.79 Å². The molecule has 0 saturated carbocycles. The lowest BCUT2D eigenvalue weighted by Gasteiger charge is -2.19. The number of amides is 1. The van der Waals surface area contributed by atoms with Crippen molar-refractivity contribution in [2.45, 2.75) is 78.9 Å². The van der Waals surface area contributed by atoms with E-state index in [1.807, 2.05) is 58.9 Å². The normalized spacial score (nSPS) is 11.5. The minimum atomic E-state index is -0.521. The van der Waals surface area contributed by atoms with Gasteiger partial charge in [0, 0.05) is 30.8 Å². The van der Waals surface area contributed by atoms with Gasteiger partial charge in [-0.05, 0) is 71.1 Å². The van der Waals surface area contributed by atoms with Gasteiger partial charge in [-0.1, -0.05) is 48.8 Å². The molecule has 9 heteroatoms. The molecule has 0 bridgehead atoms. The minimum absolute atomic E-state index is 0.397. The molecule has 2 aromatic rings. The molecule has 0 atom stereocenters. The van der Waals surface area contributed by atoms with Crippen molar-refractivity contribution >= 4 is 34.0 Å². The fraction of sp³-hybridized carbons (Fsp3) is 0.444. The van der Waals surface area contributed by atoms with Crippen molar-refractivity contribution in [3.05, 3.63) is 65.3 Å². The van der Waals surface area contributed by atoms with Gasteiger partial charge in [-0.15, -0.1) is 10.2 Å². The van der Waals surface area contributed by atoms with Crippen molar-refractivity contribution < 1.29 is 9.53 Å². The summed E-state index contributed by atoms with van der Waals surface area (Å²) in [6, 6.07) is 8.01. The van der Waals surface area contributed by atoms with Gasteiger partial charge in [-0.25, -0.2) is 4.79 Å². The lowest BCUT2D eigenvalue weighted by molar-refractivity contribution is 0.0523. The molecule has 36 heavy (non-hydrogen) atoms. The van der Waals surface area contributed by atoms with E-state index in [1.165, 1.54) is 0 Å². The Hall–Kier alpha value is -3.33. The zero-order valence-electron chi connectivity index (χ0n) is 22.1. The number of nitrogens with zero attached hydrogens (tertiary/aromatic N) is 4. The summed E-state index contributed by atoms with van der Waals surface area (Å²) >= 11 is 1.54. The van der Waals surface area contributed by atoms with E-state index >= 15 is 0 Å². The average molecular weight is 511 g/mol. The number of alkyl carbamates (subject to hydrolysis) is 1. The van der Waals surface area contributed by atoms with Crippen LogP contribution in [0.3, 0.4) is 0 Å². The van der Waals surface area contributed by atoms with Gasteiger partial charge in [0.05, 0.1) is 5.71 Å². The maximum atomic E-state index is 11.9. The van der Waals surface area contributed by atoms with Crippen LogP contribution in [-0.2, 0) is 24.1 Å². The maximum Gasteiger partial charge on any atom is 0.407 e. The number of unbranched alkanes of at least 4 members (excludes halogenated alkanes) is 1. The number of aryl methyl sites for hydroxylation is 1. The summed E-state index contributed by atoms with van der Waals surface area (Å²) in [5, 5.41) is 24.6. The van der Waals surface area contributed by atoms with Crippen LogP contribution in [0, 0.1) is 0 Å². The summed E-state index contributed by atoms with van der Waals surface area (Å²) in [5.41, 5.74) is 4.21. The smallest absolute Gasteiger partial charge is 0.407 e. The van der Waals surface area contributed by atoms with E-state index in [0.717, 1.165) is 64.1 Å². The maximum absolute atomic E-state index is 11.9. The molecule has 194 valence electrons. The predicted molar refractivity (Wildman–Crippen MR) is 150 cm³/mol. The van der Waals surface area contributed by atoms with E-state index in [-0.39, 0.29) is 0 Å². The molecule has 1 heterocycles. The molecule has 0 saturated heterocycles. The molecule has 0 fully saturated rings. The fourth-order valence-electron chi connectivity index (χ4n) is 3.12. The first kappa shape index (κ1) is 28.9. The van der Waals surface area contributed by atoms with Crippen LogP contribution < -0.4 is 10.6 Å². The molecule has 8 nitrogen and oxygen atoms in total. The van der Waals surface area contributed by atoms with Crippen molar-refractivity contribution in [3.63, 3.8) is 0 Å². The van der Waals surface area contributed by atoms with Gasteiger partial charge in [-0.3, -0.25) is 0 Å². The van der Waals surface area contributed by atoms with Crippen LogP contribution in [0.25, 0.3) is 0 Å². The number of carbonyl (C=O) groups is 1. The Balaban J connectivity index is 1.78. The number of aromatic nitrogens is 2. The van der Waals surface area contributed by atoms with Crippen molar-refractivity contribution in [3.8, 4) is 0 Å². The molecule has 0 aliphatic carbocycles. The number of anilines is 1. The fourth-order valence-corrected chi connectivity index (χ4v) is 3.95. The number of ether oxygens (including phenoxy) is 1. The molecule has 0 spiro atoms. The third kappa shape index (κ3) is 11.9. The summed E-state index contributed by atoms with van der Waals surface area (Å²) in [6.07, 6.45) is 5.64. The second kappa shape index (κ2) is 14.3. The first-order chi connectivity index (χ1) is 17.0. The van der Waals surface area contributed by atoms with E-state index in [2.05, 4.69) is 44.2 Å². The van der Waals surface area contributed by atoms with Crippen LogP contribution in [0.4, 0.5) is 9.93 Å². The van der Waals surface area contributed by atoms with Gasteiger partial charge < -0.3 is 15.4 Å². The van der Waals surface area contributed by atoms with Crippen LogP contribution in [-0.4, -0.2) is 33.3 Å². The molecule has 2 N–H and O–H groups in total. The quantitative estimate of drug-likeness (QED) is 0.183. The molecule has 0 unspecified atom stereocenters. The molecule has 2 rings (SSSR count). The zero-order chi connectivity index (χ0) is 26.6. The number of rotatable bonds is 13. The summed E-state index contributed by atoms with van der Waals surface area (Å²) in [4.78, 5) is 11.9. The molecule has 0 radical (unpaired) electrons. The predicted octanol–water partition coefficient (Wildman–Crippen LogP) is 6.47. The third-order valence-electron chi connectivity index (χ3n) is 4.68. The standard InChI is InChI=1S/C27H38N6O2S/c1-8-23(31-30-19(2)3)14-9-10-15-24-32-33-25(36-24)29-20(4)16-21-12-11-13-22(17-21)18-28-26(34)35-27(5,6)7/h8,11-13,17H,1,4,9-10,14-16,18H2,2-3,5-7H3,(H,28,34)(H,29,33)/b31-23+. The van der Waals surface area contributed by atoms with E-state index in [1.54, 1.807) is 17.4 Å². The molecule has 1 amide bonds. The Morgan fingerprint density at radius 1 is 1.17 bits per heavy atom. The Morgan fingerprint density at radius 3 is 2.61 bits per heavy atom. The number of hydrogen-bond donors (Lipinski definition) is 2. The topological polar surface area (TPSA) is 101 Å². The van der Waals surface area contributed by atoms with Crippen LogP contribution in [0.2, 0.25) is 0 Å². The zero-order valence-corrected chi connectivity index (χ0v) is 22.9. The molecule has 0 aliphatic heterocycles. The second-order valence-corrected chi connectivity index (χ2v) is 10.7. The minimum Gasteiger partial charge on any atom is -0.444 e. The monoisotopic (exact) mass is 510 g/mol. The Morgan fingerprint density at radius 2 is 1.92 bits per heavy atom. The first-order valence-corrected chi connectivity index (χ1v) is 12.9. The molecule has 1 aromatic heterocycles. The molecular weight excluding hydrogens is 472 g/mol. The van der Waals surface area contributed by atoms with Crippen molar-refractivity contribution in [2.24, 2.45) is 10.2 Å². The van der Waals surface area contributed by atoms with E-state index < -0.39 is 11.7 Å². The number of nitrogens with one attached hydrogen (secondary N) is 2. The third-order valence-corrected chi connectivity index (χ3v) is 5.58. The van der Waals surface area contributed by atoms with Crippen molar-refractivity contribution in [1.29, 1.82) is 0 Å². The highest BCUT2D eigenvalue weighted by Crippen LogP contribution is 2.20. The van der Waals surface area contributed by atoms with Gasteiger partial charge in [0.1, 0.15) is 10.6 Å². The molecular formula is C27H38N6O2S. The summed E-state index contributed by atoms with van der Waals surface area (Å²) < 4.78 is 5.29. The highest BCUT2D eigenvalue weighted by molar-refractivity contribution is 7.15. The average Bonchev–Trinajstić information content (AvgIpc) is 3.23. The lowest BCUT2D eigenvalue weighted by atomic mass is 10.1. The first-order valence-electron chi connectivity index (χ1n) is 12.1. The number of allylic oxidation sites excluding steroid dienone is 2. The largest absolute Gasteiger partial charge is 0.444 e. The number of hydrogen-bond acceptors (Lipinski definition) is 8. The SMILES string of the molecule is C=C/C(CCCCc1nnc(NC(=C)Cc2cccc(CNC(=O)OC(C)(C)C)c2)s1)=N\N=C(C)C. The van der Waals surface area contributed by atoms with Gasteiger partial charge in [0.2, 0.25) is 5.13 Å². The number of benzene rings is 1. The summed E-state index contributed by atoms with van der Waals surface area (Å²) in [5.74, 6) is 0. The van der Waals surface area contributed by atoms with Gasteiger partial charge >= 0.3 is 6.09 Å². The Kier molecular flexibility index (Phi) is 11.5. The second-order valence-electron chi connectivity index (χ2n) is 9.63. The summed E-state index contributed by atoms with van der Waals surface area (Å²) in [7, 11) is 0. The van der Waals surface area contributed by atoms with Gasteiger partial charge in [-0.2, -0.15) is 10.2 Å². The highest BCUT2D eigenvalue weighted by Gasteiger charge is 2.15. The molecule has 1 aromatic carbocycles. The van der Waals surface area contributed by atoms with E-state index in [0.29, 0.717) is 13.0 Å². The van der Waals surface area contributed by atoms with Crippen molar-refractivity contribution in [2.75, 3.05) is 5.32 Å². The Bertz CT molecular complexity index is 1090. The summed E-state index contributed by atoms with van der Waals surface area (Å²) in [6.45, 7) is 17.7. The van der Waals surface area contributed by atoms with Crippen LogP contribution in [0.15, 0.2) is 59.4 Å². The highest BCUT2D eigenvalue weighted by atomic mass is 32.1. The van der Waals surface area contributed by atoms with Gasteiger partial charge in [0.25, 0.3) is 0 Å². The number of carbonyl (C=O) groups excluding carboxylic acids is 1. The van der Waals surface area contributed by atoms with Crippen LogP contribution in [0.5, 0.6) is 0 Å². The van der Waals surface area contributed by atoms with Crippen molar-refractivity contribution in [1.82, 2.24) is 15.5 Å². The lowest BCUT2D eigenvalue weighted by Crippen LogP contribution is -2.32. The van der Waals surface area contributed by atoms with Crippen LogP contribution in [0.1, 0.15) is 70.0 Å². The van der Waals surface area contributed by atoms with Crippen LogP contribution >= 0.6 is 11.3 Å². The Labute approximate surface area is 218 Å².